The molecule has 0 amide bonds. The average molecular weight is 263 g/mol. The molecule has 0 aliphatic heterocycles. The molecular weight excluding hydrogens is 248 g/mol. The first-order valence-corrected chi connectivity index (χ1v) is 5.87. The minimum absolute atomic E-state index is 0.406. The van der Waals surface area contributed by atoms with E-state index in [4.69, 9.17) is 0 Å². The molecule has 1 heterocycles. The molecule has 0 aliphatic rings. The third-order valence-corrected chi connectivity index (χ3v) is 2.75. The molecule has 2 rings (SSSR count). The third-order valence-electron chi connectivity index (χ3n) is 2.75. The van der Waals surface area contributed by atoms with Gasteiger partial charge in [0.2, 0.25) is 0 Å². The van der Waals surface area contributed by atoms with Gasteiger partial charge in [-0.15, -0.1) is 0 Å². The molecule has 0 fully saturated rings. The second-order valence-electron chi connectivity index (χ2n) is 4.39. The zero-order chi connectivity index (χ0) is 13.8. The zero-order valence-electron chi connectivity index (χ0n) is 10.8. The van der Waals surface area contributed by atoms with E-state index in [-0.39, 0.29) is 0 Å². The van der Waals surface area contributed by atoms with Crippen LogP contribution in [0.15, 0.2) is 36.7 Å². The van der Waals surface area contributed by atoms with E-state index in [0.29, 0.717) is 12.1 Å². The second kappa shape index (κ2) is 5.65. The molecular formula is C14H15F2N3. The Balaban J connectivity index is 2.12. The van der Waals surface area contributed by atoms with Crippen LogP contribution in [-0.2, 0) is 6.54 Å². The van der Waals surface area contributed by atoms with Crippen molar-refractivity contribution in [1.82, 2.24) is 4.98 Å². The number of rotatable bonds is 4. The molecule has 1 aromatic heterocycles. The molecule has 1 aromatic carbocycles. The predicted octanol–water partition coefficient (Wildman–Crippen LogP) is 3.04. The van der Waals surface area contributed by atoms with Crippen molar-refractivity contribution >= 4 is 11.4 Å². The van der Waals surface area contributed by atoms with Crippen LogP contribution in [0.1, 0.15) is 5.56 Å². The Morgan fingerprint density at radius 2 is 1.95 bits per heavy atom. The van der Waals surface area contributed by atoms with Gasteiger partial charge >= 0.3 is 0 Å². The summed E-state index contributed by atoms with van der Waals surface area (Å²) in [6, 6.07) is 5.75. The Morgan fingerprint density at radius 3 is 2.63 bits per heavy atom. The lowest BCUT2D eigenvalue weighted by atomic mass is 10.2. The van der Waals surface area contributed by atoms with Gasteiger partial charge in [0, 0.05) is 26.8 Å². The summed E-state index contributed by atoms with van der Waals surface area (Å²) in [6.45, 7) is 0.406. The normalized spacial score (nSPS) is 10.3. The fraction of sp³-hybridized carbons (Fsp3) is 0.214. The first-order chi connectivity index (χ1) is 9.08. The Bertz CT molecular complexity index is 570. The van der Waals surface area contributed by atoms with E-state index < -0.39 is 11.6 Å². The van der Waals surface area contributed by atoms with Gasteiger partial charge in [0.1, 0.15) is 0 Å². The minimum Gasteiger partial charge on any atom is -0.378 e. The van der Waals surface area contributed by atoms with Crippen LogP contribution >= 0.6 is 0 Å². The van der Waals surface area contributed by atoms with Gasteiger partial charge in [-0.1, -0.05) is 6.07 Å². The molecule has 0 saturated carbocycles. The van der Waals surface area contributed by atoms with Gasteiger partial charge in [-0.3, -0.25) is 4.98 Å². The zero-order valence-corrected chi connectivity index (χ0v) is 10.8. The molecule has 2 aromatic rings. The van der Waals surface area contributed by atoms with Gasteiger partial charge in [-0.05, 0) is 23.8 Å². The molecule has 1 N–H and O–H groups in total. The molecule has 0 bridgehead atoms. The fourth-order valence-corrected chi connectivity index (χ4v) is 1.76. The van der Waals surface area contributed by atoms with Crippen LogP contribution in [0, 0.1) is 11.6 Å². The first-order valence-electron chi connectivity index (χ1n) is 5.87. The van der Waals surface area contributed by atoms with E-state index in [2.05, 4.69) is 10.3 Å². The summed E-state index contributed by atoms with van der Waals surface area (Å²) in [5, 5.41) is 3.16. The fourth-order valence-electron chi connectivity index (χ4n) is 1.76. The van der Waals surface area contributed by atoms with Crippen molar-refractivity contribution in [2.45, 2.75) is 6.54 Å². The summed E-state index contributed by atoms with van der Waals surface area (Å²) in [4.78, 5) is 6.00. The van der Waals surface area contributed by atoms with Crippen LogP contribution < -0.4 is 10.2 Å². The van der Waals surface area contributed by atoms with Crippen LogP contribution in [0.25, 0.3) is 0 Å². The quantitative estimate of drug-likeness (QED) is 0.919. The second-order valence-corrected chi connectivity index (χ2v) is 4.39. The molecule has 0 saturated heterocycles. The summed E-state index contributed by atoms with van der Waals surface area (Å²) in [5.41, 5.74) is 2.50. The van der Waals surface area contributed by atoms with E-state index >= 15 is 0 Å². The summed E-state index contributed by atoms with van der Waals surface area (Å²) >= 11 is 0. The van der Waals surface area contributed by atoms with Crippen molar-refractivity contribution in [2.75, 3.05) is 24.3 Å². The Labute approximate surface area is 110 Å². The highest BCUT2D eigenvalue weighted by Crippen LogP contribution is 2.23. The van der Waals surface area contributed by atoms with E-state index in [1.54, 1.807) is 18.5 Å². The van der Waals surface area contributed by atoms with Crippen LogP contribution in [0.4, 0.5) is 20.2 Å². The maximum Gasteiger partial charge on any atom is 0.159 e. The number of anilines is 2. The topological polar surface area (TPSA) is 28.2 Å². The van der Waals surface area contributed by atoms with Crippen molar-refractivity contribution in [3.05, 3.63) is 53.9 Å². The number of nitrogens with one attached hydrogen (secondary N) is 1. The highest BCUT2D eigenvalue weighted by molar-refractivity contribution is 5.68. The van der Waals surface area contributed by atoms with Gasteiger partial charge in [-0.2, -0.15) is 0 Å². The number of aromatic nitrogens is 1. The Kier molecular flexibility index (Phi) is 3.94. The lowest BCUT2D eigenvalue weighted by Gasteiger charge is -2.17. The van der Waals surface area contributed by atoms with Crippen molar-refractivity contribution in [3.63, 3.8) is 0 Å². The number of halogens is 2. The van der Waals surface area contributed by atoms with Crippen LogP contribution in [0.2, 0.25) is 0 Å². The third kappa shape index (κ3) is 3.19. The molecule has 0 spiro atoms. The summed E-state index contributed by atoms with van der Waals surface area (Å²) in [6.07, 6.45) is 3.41. The van der Waals surface area contributed by atoms with Gasteiger partial charge in [0.05, 0.1) is 17.6 Å². The lowest BCUT2D eigenvalue weighted by molar-refractivity contribution is 0.507. The molecule has 100 valence electrons. The molecule has 5 heteroatoms. The average Bonchev–Trinajstić information content (AvgIpc) is 2.40. The summed E-state index contributed by atoms with van der Waals surface area (Å²) in [7, 11) is 3.86. The Morgan fingerprint density at radius 1 is 1.16 bits per heavy atom. The van der Waals surface area contributed by atoms with E-state index in [1.165, 1.54) is 6.07 Å². The lowest BCUT2D eigenvalue weighted by Crippen LogP contribution is -2.12. The van der Waals surface area contributed by atoms with E-state index in [1.807, 2.05) is 25.1 Å². The summed E-state index contributed by atoms with van der Waals surface area (Å²) < 4.78 is 25.9. The van der Waals surface area contributed by atoms with Gasteiger partial charge in [0.15, 0.2) is 11.6 Å². The molecule has 0 radical (unpaired) electrons. The minimum atomic E-state index is -0.835. The van der Waals surface area contributed by atoms with Gasteiger partial charge in [-0.25, -0.2) is 8.78 Å². The SMILES string of the molecule is CN(C)c1ccncc1NCc1ccc(F)c(F)c1. The maximum absolute atomic E-state index is 13.1. The predicted molar refractivity (Wildman–Crippen MR) is 72.2 cm³/mol. The molecule has 19 heavy (non-hydrogen) atoms. The number of hydrogen-bond acceptors (Lipinski definition) is 3. The smallest absolute Gasteiger partial charge is 0.159 e. The number of nitrogens with zero attached hydrogens (tertiary/aromatic N) is 2. The van der Waals surface area contributed by atoms with Crippen molar-refractivity contribution < 1.29 is 8.78 Å². The number of hydrogen-bond donors (Lipinski definition) is 1. The standard InChI is InChI=1S/C14H15F2N3/c1-19(2)14-5-6-17-9-13(14)18-8-10-3-4-11(15)12(16)7-10/h3-7,9,18H,8H2,1-2H3. The summed E-state index contributed by atoms with van der Waals surface area (Å²) in [5.74, 6) is -1.67. The van der Waals surface area contributed by atoms with Gasteiger partial charge in [0.25, 0.3) is 0 Å². The van der Waals surface area contributed by atoms with E-state index in [0.717, 1.165) is 17.4 Å². The molecule has 3 nitrogen and oxygen atoms in total. The monoisotopic (exact) mass is 263 g/mol. The van der Waals surface area contributed by atoms with Crippen LogP contribution in [0.3, 0.4) is 0 Å². The Hall–Kier alpha value is -2.17. The molecule has 0 aliphatic carbocycles. The van der Waals surface area contributed by atoms with Gasteiger partial charge < -0.3 is 10.2 Å². The molecule has 0 atom stereocenters. The number of pyridine rings is 1. The highest BCUT2D eigenvalue weighted by Gasteiger charge is 2.05. The highest BCUT2D eigenvalue weighted by atomic mass is 19.2. The van der Waals surface area contributed by atoms with Crippen LogP contribution in [0.5, 0.6) is 0 Å². The van der Waals surface area contributed by atoms with Crippen molar-refractivity contribution in [1.29, 1.82) is 0 Å². The molecule has 0 unspecified atom stereocenters. The van der Waals surface area contributed by atoms with Crippen molar-refractivity contribution in [3.8, 4) is 0 Å². The largest absolute Gasteiger partial charge is 0.378 e. The van der Waals surface area contributed by atoms with Crippen LogP contribution in [-0.4, -0.2) is 19.1 Å². The first kappa shape index (κ1) is 13.3. The van der Waals surface area contributed by atoms with Crippen molar-refractivity contribution in [2.24, 2.45) is 0 Å². The van der Waals surface area contributed by atoms with E-state index in [9.17, 15) is 8.78 Å². The number of benzene rings is 1. The maximum atomic E-state index is 13.1.